The molecule has 0 heterocycles. The SMILES string of the molecule is Cc1ccc(C#C/C=C/c2ccc(F)cc2)cc1. The third kappa shape index (κ3) is 3.61. The number of rotatable bonds is 1. The summed E-state index contributed by atoms with van der Waals surface area (Å²) in [5.74, 6) is 5.78. The van der Waals surface area contributed by atoms with Gasteiger partial charge in [0, 0.05) is 5.56 Å². The molecule has 0 amide bonds. The van der Waals surface area contributed by atoms with E-state index in [1.807, 2.05) is 37.3 Å². The van der Waals surface area contributed by atoms with Crippen molar-refractivity contribution in [3.8, 4) is 11.8 Å². The highest BCUT2D eigenvalue weighted by Crippen LogP contribution is 2.04. The molecule has 18 heavy (non-hydrogen) atoms. The standard InChI is InChI=1S/C17H13F/c1-14-6-8-15(9-7-14)4-2-3-5-16-10-12-17(18)13-11-16/h3,5-13H,1H3/b5-3+. The van der Waals surface area contributed by atoms with Crippen molar-refractivity contribution >= 4 is 6.08 Å². The van der Waals surface area contributed by atoms with Crippen LogP contribution in [0.5, 0.6) is 0 Å². The Bertz CT molecular complexity index is 593. The molecule has 0 nitrogen and oxygen atoms in total. The molecule has 2 rings (SSSR count). The van der Waals surface area contributed by atoms with Gasteiger partial charge in [0.05, 0.1) is 0 Å². The van der Waals surface area contributed by atoms with Crippen LogP contribution in [0.1, 0.15) is 16.7 Å². The molecule has 0 saturated carbocycles. The van der Waals surface area contributed by atoms with E-state index in [1.165, 1.54) is 17.7 Å². The fraction of sp³-hybridized carbons (Fsp3) is 0.0588. The number of hydrogen-bond acceptors (Lipinski definition) is 0. The largest absolute Gasteiger partial charge is 0.207 e. The van der Waals surface area contributed by atoms with Crippen LogP contribution in [0.2, 0.25) is 0 Å². The van der Waals surface area contributed by atoms with E-state index in [9.17, 15) is 4.39 Å². The number of hydrogen-bond donors (Lipinski definition) is 0. The van der Waals surface area contributed by atoms with Crippen LogP contribution in [-0.2, 0) is 0 Å². The molecule has 0 bridgehead atoms. The minimum absolute atomic E-state index is 0.224. The normalized spacial score (nSPS) is 10.1. The Morgan fingerprint density at radius 2 is 1.61 bits per heavy atom. The predicted molar refractivity (Wildman–Crippen MR) is 73.5 cm³/mol. The zero-order chi connectivity index (χ0) is 12.8. The van der Waals surface area contributed by atoms with Crippen LogP contribution in [0, 0.1) is 24.6 Å². The van der Waals surface area contributed by atoms with Crippen molar-refractivity contribution in [2.24, 2.45) is 0 Å². The van der Waals surface area contributed by atoms with Gasteiger partial charge in [-0.15, -0.1) is 0 Å². The first-order chi connectivity index (χ1) is 8.74. The Balaban J connectivity index is 2.03. The summed E-state index contributed by atoms with van der Waals surface area (Å²) in [6.45, 7) is 2.05. The van der Waals surface area contributed by atoms with Crippen molar-refractivity contribution in [3.05, 3.63) is 77.1 Å². The first kappa shape index (κ1) is 12.1. The number of benzene rings is 2. The van der Waals surface area contributed by atoms with Gasteiger partial charge in [-0.3, -0.25) is 0 Å². The van der Waals surface area contributed by atoms with Crippen LogP contribution >= 0.6 is 0 Å². The van der Waals surface area contributed by atoms with Crippen LogP contribution in [0.15, 0.2) is 54.6 Å². The second-order valence-electron chi connectivity index (χ2n) is 4.02. The van der Waals surface area contributed by atoms with Gasteiger partial charge in [-0.2, -0.15) is 0 Å². The van der Waals surface area contributed by atoms with E-state index < -0.39 is 0 Å². The molecule has 0 spiro atoms. The highest BCUT2D eigenvalue weighted by atomic mass is 19.1. The molecular weight excluding hydrogens is 223 g/mol. The zero-order valence-electron chi connectivity index (χ0n) is 10.2. The van der Waals surface area contributed by atoms with Gasteiger partial charge in [0.15, 0.2) is 0 Å². The van der Waals surface area contributed by atoms with Gasteiger partial charge >= 0.3 is 0 Å². The second-order valence-corrected chi connectivity index (χ2v) is 4.02. The molecule has 0 saturated heterocycles. The van der Waals surface area contributed by atoms with Crippen LogP contribution in [0.4, 0.5) is 4.39 Å². The van der Waals surface area contributed by atoms with E-state index in [2.05, 4.69) is 11.8 Å². The van der Waals surface area contributed by atoms with Gasteiger partial charge in [0.1, 0.15) is 5.82 Å². The first-order valence-electron chi connectivity index (χ1n) is 5.74. The molecule has 2 aromatic rings. The molecule has 0 aliphatic rings. The van der Waals surface area contributed by atoms with Gasteiger partial charge in [0.2, 0.25) is 0 Å². The monoisotopic (exact) mass is 236 g/mol. The molecule has 88 valence electrons. The van der Waals surface area contributed by atoms with Crippen molar-refractivity contribution in [3.63, 3.8) is 0 Å². The smallest absolute Gasteiger partial charge is 0.123 e. The summed E-state index contributed by atoms with van der Waals surface area (Å²) in [6.07, 6.45) is 3.63. The molecule has 0 unspecified atom stereocenters. The maximum absolute atomic E-state index is 12.7. The average Bonchev–Trinajstić information content (AvgIpc) is 2.39. The Morgan fingerprint density at radius 3 is 2.28 bits per heavy atom. The quantitative estimate of drug-likeness (QED) is 0.651. The van der Waals surface area contributed by atoms with Crippen LogP contribution in [0.3, 0.4) is 0 Å². The lowest BCUT2D eigenvalue weighted by molar-refractivity contribution is 0.628. The summed E-state index contributed by atoms with van der Waals surface area (Å²) in [4.78, 5) is 0. The third-order valence-corrected chi connectivity index (χ3v) is 2.50. The molecule has 0 aliphatic carbocycles. The lowest BCUT2D eigenvalue weighted by Gasteiger charge is -1.91. The topological polar surface area (TPSA) is 0 Å². The predicted octanol–water partition coefficient (Wildman–Crippen LogP) is 4.20. The van der Waals surface area contributed by atoms with E-state index >= 15 is 0 Å². The summed E-state index contributed by atoms with van der Waals surface area (Å²) in [5.41, 5.74) is 3.15. The van der Waals surface area contributed by atoms with E-state index in [0.717, 1.165) is 11.1 Å². The number of halogens is 1. The maximum atomic E-state index is 12.7. The first-order valence-corrected chi connectivity index (χ1v) is 5.74. The number of allylic oxidation sites excluding steroid dienone is 1. The van der Waals surface area contributed by atoms with Crippen molar-refractivity contribution < 1.29 is 4.39 Å². The molecular formula is C17H13F. The molecule has 2 aromatic carbocycles. The molecule has 0 atom stereocenters. The van der Waals surface area contributed by atoms with Crippen molar-refractivity contribution in [1.29, 1.82) is 0 Å². The summed E-state index contributed by atoms with van der Waals surface area (Å²) >= 11 is 0. The van der Waals surface area contributed by atoms with Gasteiger partial charge in [-0.1, -0.05) is 41.7 Å². The summed E-state index contributed by atoms with van der Waals surface area (Å²) in [5, 5.41) is 0. The Hall–Kier alpha value is -2.33. The molecule has 0 aliphatic heterocycles. The highest BCUT2D eigenvalue weighted by Gasteiger charge is 1.87. The van der Waals surface area contributed by atoms with E-state index in [-0.39, 0.29) is 5.82 Å². The Labute approximate surface area is 107 Å². The Kier molecular flexibility index (Phi) is 3.94. The summed E-state index contributed by atoms with van der Waals surface area (Å²) < 4.78 is 12.7. The average molecular weight is 236 g/mol. The summed E-state index contributed by atoms with van der Waals surface area (Å²) in [7, 11) is 0. The fourth-order valence-electron chi connectivity index (χ4n) is 1.47. The van der Waals surface area contributed by atoms with Crippen LogP contribution in [0.25, 0.3) is 6.08 Å². The van der Waals surface area contributed by atoms with Gasteiger partial charge < -0.3 is 0 Å². The Morgan fingerprint density at radius 1 is 0.944 bits per heavy atom. The minimum atomic E-state index is -0.224. The van der Waals surface area contributed by atoms with Crippen molar-refractivity contribution in [2.75, 3.05) is 0 Å². The fourth-order valence-corrected chi connectivity index (χ4v) is 1.47. The number of aryl methyl sites for hydroxylation is 1. The summed E-state index contributed by atoms with van der Waals surface area (Å²) in [6, 6.07) is 14.4. The third-order valence-electron chi connectivity index (χ3n) is 2.50. The second kappa shape index (κ2) is 5.84. The lowest BCUT2D eigenvalue weighted by Crippen LogP contribution is -1.75. The van der Waals surface area contributed by atoms with Crippen molar-refractivity contribution in [1.82, 2.24) is 0 Å². The zero-order valence-corrected chi connectivity index (χ0v) is 10.2. The van der Waals surface area contributed by atoms with Gasteiger partial charge in [0.25, 0.3) is 0 Å². The maximum Gasteiger partial charge on any atom is 0.123 e. The minimum Gasteiger partial charge on any atom is -0.207 e. The van der Waals surface area contributed by atoms with E-state index in [0.29, 0.717) is 0 Å². The molecule has 0 N–H and O–H groups in total. The van der Waals surface area contributed by atoms with Crippen LogP contribution < -0.4 is 0 Å². The van der Waals surface area contributed by atoms with E-state index in [1.54, 1.807) is 18.2 Å². The molecule has 0 aromatic heterocycles. The molecule has 0 fully saturated rings. The van der Waals surface area contributed by atoms with E-state index in [4.69, 9.17) is 0 Å². The van der Waals surface area contributed by atoms with Gasteiger partial charge in [-0.25, -0.2) is 4.39 Å². The van der Waals surface area contributed by atoms with Gasteiger partial charge in [-0.05, 0) is 48.9 Å². The molecule has 0 radical (unpaired) electrons. The lowest BCUT2D eigenvalue weighted by atomic mass is 10.1. The molecule has 1 heteroatoms. The highest BCUT2D eigenvalue weighted by molar-refractivity contribution is 5.53. The van der Waals surface area contributed by atoms with Crippen LogP contribution in [-0.4, -0.2) is 0 Å². The van der Waals surface area contributed by atoms with Crippen molar-refractivity contribution in [2.45, 2.75) is 6.92 Å².